The van der Waals surface area contributed by atoms with E-state index in [1.54, 1.807) is 18.2 Å². The van der Waals surface area contributed by atoms with Crippen LogP contribution >= 0.6 is 34.8 Å². The Kier molecular flexibility index (Phi) is 6.64. The van der Waals surface area contributed by atoms with Gasteiger partial charge >= 0.3 is 0 Å². The molecule has 3 nitrogen and oxygen atoms in total. The molecule has 6 heteroatoms. The van der Waals surface area contributed by atoms with Crippen molar-refractivity contribution in [3.63, 3.8) is 0 Å². The van der Waals surface area contributed by atoms with E-state index in [4.69, 9.17) is 39.5 Å². The number of fused-ring (bicyclic) bond motifs is 1. The van der Waals surface area contributed by atoms with Crippen LogP contribution in [-0.4, -0.2) is 23.5 Å². The first-order chi connectivity index (χ1) is 14.5. The Morgan fingerprint density at radius 1 is 0.900 bits per heavy atom. The SMILES string of the molecule is O=C(c1ccc(Cl)c(Cl)c1)N1Cc2ccccc2C[C@H]1COCc1ccccc1Cl. The summed E-state index contributed by atoms with van der Waals surface area (Å²) in [7, 11) is 0. The van der Waals surface area contributed by atoms with E-state index in [0.717, 1.165) is 17.5 Å². The number of carbonyl (C=O) groups is 1. The molecule has 1 amide bonds. The predicted molar refractivity (Wildman–Crippen MR) is 121 cm³/mol. The Bertz CT molecular complexity index is 1070. The lowest BCUT2D eigenvalue weighted by Gasteiger charge is -2.37. The Balaban J connectivity index is 1.54. The van der Waals surface area contributed by atoms with Crippen LogP contribution in [0, 0.1) is 0 Å². The predicted octanol–water partition coefficient (Wildman–Crippen LogP) is 6.43. The molecule has 0 unspecified atom stereocenters. The molecule has 0 saturated heterocycles. The first-order valence-electron chi connectivity index (χ1n) is 9.67. The maximum atomic E-state index is 13.3. The summed E-state index contributed by atoms with van der Waals surface area (Å²) in [5.41, 5.74) is 3.83. The zero-order chi connectivity index (χ0) is 21.1. The second kappa shape index (κ2) is 9.40. The molecule has 0 spiro atoms. The van der Waals surface area contributed by atoms with Gasteiger partial charge in [-0.15, -0.1) is 0 Å². The number of ether oxygens (including phenoxy) is 1. The molecule has 0 N–H and O–H groups in total. The van der Waals surface area contributed by atoms with Crippen LogP contribution in [0.25, 0.3) is 0 Å². The molecular formula is C24H20Cl3NO2. The zero-order valence-electron chi connectivity index (χ0n) is 16.2. The van der Waals surface area contributed by atoms with Crippen LogP contribution in [0.5, 0.6) is 0 Å². The molecule has 1 aliphatic heterocycles. The molecule has 1 atom stereocenters. The van der Waals surface area contributed by atoms with Gasteiger partial charge in [-0.3, -0.25) is 4.79 Å². The normalized spacial score (nSPS) is 15.7. The molecule has 0 fully saturated rings. The third kappa shape index (κ3) is 4.65. The maximum Gasteiger partial charge on any atom is 0.254 e. The molecule has 0 aliphatic carbocycles. The van der Waals surface area contributed by atoms with Crippen molar-refractivity contribution in [1.29, 1.82) is 0 Å². The monoisotopic (exact) mass is 459 g/mol. The van der Waals surface area contributed by atoms with Crippen LogP contribution in [0.4, 0.5) is 0 Å². The van der Waals surface area contributed by atoms with Gasteiger partial charge in [0.1, 0.15) is 0 Å². The quantitative estimate of drug-likeness (QED) is 0.439. The summed E-state index contributed by atoms with van der Waals surface area (Å²) >= 11 is 18.4. The molecule has 1 heterocycles. The van der Waals surface area contributed by atoms with Crippen LogP contribution in [0.15, 0.2) is 66.7 Å². The van der Waals surface area contributed by atoms with Gasteiger partial charge in [0.25, 0.3) is 5.91 Å². The summed E-state index contributed by atoms with van der Waals surface area (Å²) in [5, 5.41) is 1.47. The average Bonchev–Trinajstić information content (AvgIpc) is 2.76. The molecular weight excluding hydrogens is 441 g/mol. The van der Waals surface area contributed by atoms with Crippen molar-refractivity contribution in [1.82, 2.24) is 4.90 Å². The van der Waals surface area contributed by atoms with Gasteiger partial charge in [-0.25, -0.2) is 0 Å². The minimum absolute atomic E-state index is 0.0885. The van der Waals surface area contributed by atoms with Crippen molar-refractivity contribution in [2.75, 3.05) is 6.61 Å². The molecule has 4 rings (SSSR count). The summed E-state index contributed by atoms with van der Waals surface area (Å²) in [6, 6.07) is 20.7. The molecule has 0 radical (unpaired) electrons. The molecule has 0 saturated carbocycles. The molecule has 3 aromatic rings. The Morgan fingerprint density at radius 3 is 2.40 bits per heavy atom. The molecule has 154 valence electrons. The lowest BCUT2D eigenvalue weighted by Crippen LogP contribution is -2.46. The van der Waals surface area contributed by atoms with E-state index in [9.17, 15) is 4.79 Å². The van der Waals surface area contributed by atoms with Crippen LogP contribution < -0.4 is 0 Å². The largest absolute Gasteiger partial charge is 0.375 e. The van der Waals surface area contributed by atoms with E-state index >= 15 is 0 Å². The average molecular weight is 461 g/mol. The lowest BCUT2D eigenvalue weighted by atomic mass is 9.93. The topological polar surface area (TPSA) is 29.5 Å². The number of hydrogen-bond donors (Lipinski definition) is 0. The zero-order valence-corrected chi connectivity index (χ0v) is 18.4. The van der Waals surface area contributed by atoms with Crippen molar-refractivity contribution in [2.45, 2.75) is 25.6 Å². The number of rotatable bonds is 5. The fourth-order valence-electron chi connectivity index (χ4n) is 3.69. The van der Waals surface area contributed by atoms with E-state index in [0.29, 0.717) is 40.4 Å². The van der Waals surface area contributed by atoms with Gasteiger partial charge in [0.05, 0.1) is 29.3 Å². The van der Waals surface area contributed by atoms with E-state index in [-0.39, 0.29) is 11.9 Å². The van der Waals surface area contributed by atoms with Gasteiger partial charge in [-0.1, -0.05) is 77.3 Å². The Morgan fingerprint density at radius 2 is 1.63 bits per heavy atom. The van der Waals surface area contributed by atoms with E-state index < -0.39 is 0 Å². The van der Waals surface area contributed by atoms with Crippen LogP contribution in [0.3, 0.4) is 0 Å². The van der Waals surface area contributed by atoms with Crippen molar-refractivity contribution in [2.24, 2.45) is 0 Å². The highest BCUT2D eigenvalue weighted by Gasteiger charge is 2.30. The molecule has 3 aromatic carbocycles. The van der Waals surface area contributed by atoms with E-state index in [1.165, 1.54) is 5.56 Å². The Labute approximate surface area is 191 Å². The second-order valence-corrected chi connectivity index (χ2v) is 8.52. The number of hydrogen-bond acceptors (Lipinski definition) is 2. The van der Waals surface area contributed by atoms with Gasteiger partial charge in [-0.05, 0) is 47.4 Å². The number of amides is 1. The van der Waals surface area contributed by atoms with Crippen molar-refractivity contribution >= 4 is 40.7 Å². The second-order valence-electron chi connectivity index (χ2n) is 7.30. The van der Waals surface area contributed by atoms with E-state index in [1.807, 2.05) is 41.3 Å². The first kappa shape index (κ1) is 21.2. The van der Waals surface area contributed by atoms with E-state index in [2.05, 4.69) is 12.1 Å². The standard InChI is InChI=1S/C24H20Cl3NO2/c25-21-8-4-3-7-19(21)14-30-15-20-11-16-5-1-2-6-18(16)13-28(20)24(29)17-9-10-22(26)23(27)12-17/h1-10,12,20H,11,13-15H2/t20-/m0/s1. The number of benzene rings is 3. The number of nitrogens with zero attached hydrogens (tertiary/aromatic N) is 1. The van der Waals surface area contributed by atoms with Gasteiger partial charge in [-0.2, -0.15) is 0 Å². The highest BCUT2D eigenvalue weighted by atomic mass is 35.5. The lowest BCUT2D eigenvalue weighted by molar-refractivity contribution is 0.0325. The summed E-state index contributed by atoms with van der Waals surface area (Å²) < 4.78 is 5.99. The number of carbonyl (C=O) groups excluding carboxylic acids is 1. The molecule has 1 aliphatic rings. The summed E-state index contributed by atoms with van der Waals surface area (Å²) in [6.45, 7) is 1.33. The third-order valence-corrected chi connectivity index (χ3v) is 6.42. The van der Waals surface area contributed by atoms with Gasteiger partial charge in [0.2, 0.25) is 0 Å². The minimum Gasteiger partial charge on any atom is -0.375 e. The first-order valence-corrected chi connectivity index (χ1v) is 10.8. The van der Waals surface area contributed by atoms with Crippen LogP contribution in [0.1, 0.15) is 27.0 Å². The Hall–Kier alpha value is -2.04. The van der Waals surface area contributed by atoms with Crippen molar-refractivity contribution in [3.8, 4) is 0 Å². The fraction of sp³-hybridized carbons (Fsp3) is 0.208. The summed E-state index contributed by atoms with van der Waals surface area (Å²) in [5.74, 6) is -0.0885. The highest BCUT2D eigenvalue weighted by Crippen LogP contribution is 2.28. The van der Waals surface area contributed by atoms with Crippen LogP contribution in [-0.2, 0) is 24.3 Å². The molecule has 0 aromatic heterocycles. The highest BCUT2D eigenvalue weighted by molar-refractivity contribution is 6.42. The fourth-order valence-corrected chi connectivity index (χ4v) is 4.18. The van der Waals surface area contributed by atoms with Gasteiger partial charge in [0.15, 0.2) is 0 Å². The number of halogens is 3. The summed E-state index contributed by atoms with van der Waals surface area (Å²) in [6.07, 6.45) is 0.728. The molecule has 30 heavy (non-hydrogen) atoms. The van der Waals surface area contributed by atoms with Crippen molar-refractivity contribution in [3.05, 3.63) is 104 Å². The maximum absolute atomic E-state index is 13.3. The van der Waals surface area contributed by atoms with Gasteiger partial charge in [0, 0.05) is 17.1 Å². The van der Waals surface area contributed by atoms with Crippen LogP contribution in [0.2, 0.25) is 15.1 Å². The molecule has 0 bridgehead atoms. The smallest absolute Gasteiger partial charge is 0.254 e. The third-order valence-electron chi connectivity index (χ3n) is 5.31. The van der Waals surface area contributed by atoms with Gasteiger partial charge < -0.3 is 9.64 Å². The minimum atomic E-state index is -0.0932. The van der Waals surface area contributed by atoms with Crippen molar-refractivity contribution < 1.29 is 9.53 Å². The summed E-state index contributed by atoms with van der Waals surface area (Å²) in [4.78, 5) is 15.2.